The Kier molecular flexibility index (Phi) is 4.35. The maximum Gasteiger partial charge on any atom is 0.237 e. The van der Waals surface area contributed by atoms with Crippen LogP contribution < -0.4 is 11.1 Å². The first-order chi connectivity index (χ1) is 7.30. The Morgan fingerprint density at radius 3 is 2.62 bits per heavy atom. The SMILES string of the molecule is CC(C)(C)[C@H](N)C(=O)NCc1ccc(Cl)s1. The molecule has 0 bridgehead atoms. The highest BCUT2D eigenvalue weighted by atomic mass is 35.5. The summed E-state index contributed by atoms with van der Waals surface area (Å²) in [4.78, 5) is 12.7. The molecule has 0 unspecified atom stereocenters. The molecule has 0 saturated heterocycles. The quantitative estimate of drug-likeness (QED) is 0.877. The van der Waals surface area contributed by atoms with Gasteiger partial charge in [0.2, 0.25) is 5.91 Å². The molecular weight excluding hydrogens is 244 g/mol. The molecule has 1 aromatic rings. The summed E-state index contributed by atoms with van der Waals surface area (Å²) in [6.07, 6.45) is 0. The van der Waals surface area contributed by atoms with Gasteiger partial charge in [-0.1, -0.05) is 32.4 Å². The maximum atomic E-state index is 11.7. The number of hydrogen-bond acceptors (Lipinski definition) is 3. The smallest absolute Gasteiger partial charge is 0.237 e. The molecule has 16 heavy (non-hydrogen) atoms. The summed E-state index contributed by atoms with van der Waals surface area (Å²) in [5.41, 5.74) is 5.60. The Labute approximate surface area is 105 Å². The monoisotopic (exact) mass is 260 g/mol. The summed E-state index contributed by atoms with van der Waals surface area (Å²) in [5, 5.41) is 2.81. The number of halogens is 1. The number of thiophene rings is 1. The van der Waals surface area contributed by atoms with Gasteiger partial charge in [-0.25, -0.2) is 0 Å². The van der Waals surface area contributed by atoms with Crippen LogP contribution in [0, 0.1) is 5.41 Å². The van der Waals surface area contributed by atoms with E-state index < -0.39 is 6.04 Å². The molecule has 0 saturated carbocycles. The molecule has 5 heteroatoms. The van der Waals surface area contributed by atoms with Gasteiger partial charge in [0.25, 0.3) is 0 Å². The van der Waals surface area contributed by atoms with Crippen LogP contribution in [0.5, 0.6) is 0 Å². The third-order valence-electron chi connectivity index (χ3n) is 2.28. The number of nitrogens with one attached hydrogen (secondary N) is 1. The Morgan fingerprint density at radius 2 is 2.19 bits per heavy atom. The van der Waals surface area contributed by atoms with Crippen molar-refractivity contribution in [1.82, 2.24) is 5.32 Å². The molecule has 1 amide bonds. The van der Waals surface area contributed by atoms with Gasteiger partial charge in [0.05, 0.1) is 16.9 Å². The lowest BCUT2D eigenvalue weighted by Gasteiger charge is -2.25. The Balaban J connectivity index is 2.47. The predicted molar refractivity (Wildman–Crippen MR) is 68.6 cm³/mol. The molecule has 0 spiro atoms. The molecule has 3 N–H and O–H groups in total. The highest BCUT2D eigenvalue weighted by Gasteiger charge is 2.27. The topological polar surface area (TPSA) is 55.1 Å². The fraction of sp³-hybridized carbons (Fsp3) is 0.545. The van der Waals surface area contributed by atoms with E-state index in [2.05, 4.69) is 5.32 Å². The van der Waals surface area contributed by atoms with Crippen molar-refractivity contribution < 1.29 is 4.79 Å². The summed E-state index contributed by atoms with van der Waals surface area (Å²) < 4.78 is 0.726. The molecule has 0 aliphatic carbocycles. The third-order valence-corrected chi connectivity index (χ3v) is 3.51. The molecule has 1 aromatic heterocycles. The normalized spacial score (nSPS) is 13.6. The van der Waals surface area contributed by atoms with Crippen LogP contribution in [0.3, 0.4) is 0 Å². The van der Waals surface area contributed by atoms with Crippen molar-refractivity contribution in [2.24, 2.45) is 11.1 Å². The molecule has 1 heterocycles. The first-order valence-electron chi connectivity index (χ1n) is 5.08. The van der Waals surface area contributed by atoms with Gasteiger partial charge in [0.1, 0.15) is 0 Å². The summed E-state index contributed by atoms with van der Waals surface area (Å²) in [6.45, 7) is 6.32. The summed E-state index contributed by atoms with van der Waals surface area (Å²) in [7, 11) is 0. The minimum absolute atomic E-state index is 0.128. The maximum absolute atomic E-state index is 11.7. The van der Waals surface area contributed by atoms with Gasteiger partial charge in [-0.05, 0) is 17.5 Å². The standard InChI is InChI=1S/C11H17ClN2OS/c1-11(2,3)9(13)10(15)14-6-7-4-5-8(12)16-7/h4-5,9H,6,13H2,1-3H3,(H,14,15)/t9-/m1/s1. The van der Waals surface area contributed by atoms with Crippen LogP contribution in [0.25, 0.3) is 0 Å². The van der Waals surface area contributed by atoms with Crippen molar-refractivity contribution in [3.05, 3.63) is 21.3 Å². The number of hydrogen-bond donors (Lipinski definition) is 2. The van der Waals surface area contributed by atoms with Crippen LogP contribution in [0.15, 0.2) is 12.1 Å². The highest BCUT2D eigenvalue weighted by Crippen LogP contribution is 2.21. The van der Waals surface area contributed by atoms with Crippen LogP contribution in [0.2, 0.25) is 4.34 Å². The molecule has 1 atom stereocenters. The molecular formula is C11H17ClN2OS. The van der Waals surface area contributed by atoms with Gasteiger partial charge < -0.3 is 11.1 Å². The Bertz CT molecular complexity index is 370. The van der Waals surface area contributed by atoms with E-state index in [-0.39, 0.29) is 11.3 Å². The van der Waals surface area contributed by atoms with Gasteiger partial charge in [0.15, 0.2) is 0 Å². The van der Waals surface area contributed by atoms with Crippen LogP contribution in [0.1, 0.15) is 25.6 Å². The highest BCUT2D eigenvalue weighted by molar-refractivity contribution is 7.16. The fourth-order valence-corrected chi connectivity index (χ4v) is 2.15. The lowest BCUT2D eigenvalue weighted by Crippen LogP contribution is -2.48. The number of rotatable bonds is 3. The van der Waals surface area contributed by atoms with Crippen molar-refractivity contribution in [3.63, 3.8) is 0 Å². The molecule has 0 aliphatic heterocycles. The summed E-state index contributed by atoms with van der Waals surface area (Å²) in [6, 6.07) is 3.22. The molecule has 0 aromatic carbocycles. The second kappa shape index (κ2) is 5.17. The average Bonchev–Trinajstić information content (AvgIpc) is 2.58. The molecule has 0 aliphatic rings. The van der Waals surface area contributed by atoms with E-state index in [4.69, 9.17) is 17.3 Å². The largest absolute Gasteiger partial charge is 0.350 e. The molecule has 3 nitrogen and oxygen atoms in total. The van der Waals surface area contributed by atoms with Crippen molar-refractivity contribution in [2.45, 2.75) is 33.4 Å². The van der Waals surface area contributed by atoms with Gasteiger partial charge >= 0.3 is 0 Å². The molecule has 0 radical (unpaired) electrons. The van der Waals surface area contributed by atoms with Crippen molar-refractivity contribution in [1.29, 1.82) is 0 Å². The van der Waals surface area contributed by atoms with E-state index in [0.717, 1.165) is 9.21 Å². The van der Waals surface area contributed by atoms with Crippen LogP contribution >= 0.6 is 22.9 Å². The van der Waals surface area contributed by atoms with E-state index in [1.807, 2.05) is 32.9 Å². The third kappa shape index (κ3) is 3.77. The number of carbonyl (C=O) groups excluding carboxylic acids is 1. The van der Waals surface area contributed by atoms with Gasteiger partial charge in [-0.15, -0.1) is 11.3 Å². The first kappa shape index (κ1) is 13.5. The molecule has 1 rings (SSSR count). The zero-order valence-corrected chi connectivity index (χ0v) is 11.3. The van der Waals surface area contributed by atoms with Gasteiger partial charge in [-0.2, -0.15) is 0 Å². The lowest BCUT2D eigenvalue weighted by atomic mass is 9.87. The van der Waals surface area contributed by atoms with Crippen molar-refractivity contribution in [2.75, 3.05) is 0 Å². The number of amides is 1. The number of carbonyl (C=O) groups is 1. The summed E-state index contributed by atoms with van der Waals surface area (Å²) in [5.74, 6) is -0.128. The minimum Gasteiger partial charge on any atom is -0.350 e. The molecule has 0 fully saturated rings. The Hall–Kier alpha value is -0.580. The number of nitrogens with two attached hydrogens (primary N) is 1. The van der Waals surface area contributed by atoms with E-state index >= 15 is 0 Å². The van der Waals surface area contributed by atoms with E-state index in [1.165, 1.54) is 11.3 Å². The van der Waals surface area contributed by atoms with E-state index in [1.54, 1.807) is 0 Å². The first-order valence-corrected chi connectivity index (χ1v) is 6.27. The van der Waals surface area contributed by atoms with Crippen LogP contribution in [-0.4, -0.2) is 11.9 Å². The van der Waals surface area contributed by atoms with Crippen LogP contribution in [0.4, 0.5) is 0 Å². The van der Waals surface area contributed by atoms with E-state index in [0.29, 0.717) is 6.54 Å². The second-order valence-corrected chi connectivity index (χ2v) is 6.57. The zero-order chi connectivity index (χ0) is 12.3. The predicted octanol–water partition coefficient (Wildman–Crippen LogP) is 2.39. The van der Waals surface area contributed by atoms with Gasteiger partial charge in [-0.3, -0.25) is 4.79 Å². The fourth-order valence-electron chi connectivity index (χ4n) is 1.12. The lowest BCUT2D eigenvalue weighted by molar-refractivity contribution is -0.124. The summed E-state index contributed by atoms with van der Waals surface area (Å²) >= 11 is 7.25. The van der Waals surface area contributed by atoms with Crippen molar-refractivity contribution >= 4 is 28.8 Å². The van der Waals surface area contributed by atoms with Crippen LogP contribution in [-0.2, 0) is 11.3 Å². The molecule has 90 valence electrons. The zero-order valence-electron chi connectivity index (χ0n) is 9.71. The second-order valence-electron chi connectivity index (χ2n) is 4.77. The minimum atomic E-state index is -0.497. The van der Waals surface area contributed by atoms with E-state index in [9.17, 15) is 4.79 Å². The Morgan fingerprint density at radius 1 is 1.56 bits per heavy atom. The van der Waals surface area contributed by atoms with Gasteiger partial charge in [0, 0.05) is 4.88 Å². The average molecular weight is 261 g/mol. The van der Waals surface area contributed by atoms with Crippen molar-refractivity contribution in [3.8, 4) is 0 Å².